The number of carbonyl (C=O) groups is 3. The molecule has 0 aliphatic carbocycles. The lowest BCUT2D eigenvalue weighted by Crippen LogP contribution is -2.43. The summed E-state index contributed by atoms with van der Waals surface area (Å²) >= 11 is 0. The zero-order valence-electron chi connectivity index (χ0n) is 20.9. The second kappa shape index (κ2) is 14.0. The van der Waals surface area contributed by atoms with E-state index in [2.05, 4.69) is 10.8 Å². The normalized spacial score (nSPS) is 11.1. The Morgan fingerprint density at radius 2 is 1.49 bits per heavy atom. The van der Waals surface area contributed by atoms with Gasteiger partial charge in [-0.25, -0.2) is 9.59 Å². The van der Waals surface area contributed by atoms with Gasteiger partial charge in [0.1, 0.15) is 36.6 Å². The molecule has 0 bridgehead atoms. The van der Waals surface area contributed by atoms with E-state index >= 15 is 0 Å². The fraction of sp³-hybridized carbons (Fsp3) is 0.179. The van der Waals surface area contributed by atoms with Crippen LogP contribution in [0, 0.1) is 12.5 Å². The molecule has 3 aromatic rings. The maximum atomic E-state index is 12.6. The molecular formula is C28H26N2O9. The van der Waals surface area contributed by atoms with E-state index < -0.39 is 24.0 Å². The Hall–Kier alpha value is -5.05. The van der Waals surface area contributed by atoms with Crippen LogP contribution in [-0.2, 0) is 11.4 Å². The van der Waals surface area contributed by atoms with Crippen molar-refractivity contribution in [3.63, 3.8) is 0 Å². The van der Waals surface area contributed by atoms with Gasteiger partial charge in [-0.3, -0.25) is 9.63 Å². The van der Waals surface area contributed by atoms with Gasteiger partial charge in [-0.05, 0) is 55.0 Å². The minimum Gasteiger partial charge on any atom is -0.490 e. The highest BCUT2D eigenvalue weighted by atomic mass is 16.6. The average molecular weight is 535 g/mol. The molecule has 1 amide bonds. The molecule has 0 fully saturated rings. The Bertz CT molecular complexity index is 1350. The van der Waals surface area contributed by atoms with Crippen molar-refractivity contribution in [3.05, 3.63) is 89.0 Å². The van der Waals surface area contributed by atoms with Gasteiger partial charge in [-0.15, -0.1) is 0 Å². The Labute approximate surface area is 224 Å². The van der Waals surface area contributed by atoms with Crippen LogP contribution in [0.1, 0.15) is 43.6 Å². The first-order chi connectivity index (χ1) is 18.8. The molecule has 3 rings (SSSR count). The van der Waals surface area contributed by atoms with Crippen molar-refractivity contribution in [2.75, 3.05) is 13.2 Å². The molecule has 11 nitrogen and oxygen atoms in total. The summed E-state index contributed by atoms with van der Waals surface area (Å²) in [5.74, 6) is -2.03. The largest absolute Gasteiger partial charge is 0.490 e. The average Bonchev–Trinajstić information content (AvgIpc) is 2.92. The lowest BCUT2D eigenvalue weighted by atomic mass is 10.1. The van der Waals surface area contributed by atoms with E-state index in [0.717, 1.165) is 6.07 Å². The second-order valence-electron chi connectivity index (χ2n) is 7.97. The van der Waals surface area contributed by atoms with Crippen molar-refractivity contribution >= 4 is 17.8 Å². The molecule has 11 heteroatoms. The molecule has 1 unspecified atom stereocenters. The minimum atomic E-state index is -1.34. The predicted octanol–water partition coefficient (Wildman–Crippen LogP) is 3.31. The smallest absolute Gasteiger partial charge is 0.336 e. The first-order valence-electron chi connectivity index (χ1n) is 11.6. The van der Waals surface area contributed by atoms with Crippen molar-refractivity contribution in [1.82, 2.24) is 10.8 Å². The number of hydrogen-bond donors (Lipinski definition) is 4. The van der Waals surface area contributed by atoms with Gasteiger partial charge in [-0.2, -0.15) is 5.48 Å². The molecule has 0 saturated carbocycles. The molecule has 39 heavy (non-hydrogen) atoms. The molecule has 202 valence electrons. The number of para-hydroxylation sites is 1. The van der Waals surface area contributed by atoms with Crippen LogP contribution in [0.3, 0.4) is 0 Å². The zero-order valence-corrected chi connectivity index (χ0v) is 20.9. The number of carboxylic acid groups (broad SMARTS) is 2. The van der Waals surface area contributed by atoms with Gasteiger partial charge in [0.25, 0.3) is 5.91 Å². The Kier molecular flexibility index (Phi) is 10.3. The molecule has 0 aliphatic rings. The van der Waals surface area contributed by atoms with Gasteiger partial charge in [-0.1, -0.05) is 30.7 Å². The highest BCUT2D eigenvalue weighted by Gasteiger charge is 2.19. The van der Waals surface area contributed by atoms with Crippen molar-refractivity contribution in [1.29, 1.82) is 0 Å². The van der Waals surface area contributed by atoms with E-state index in [4.69, 9.17) is 25.5 Å². The van der Waals surface area contributed by atoms with E-state index in [1.54, 1.807) is 19.1 Å². The number of ether oxygens (including phenoxy) is 3. The lowest BCUT2D eigenvalue weighted by molar-refractivity contribution is 0.000216. The van der Waals surface area contributed by atoms with Crippen LogP contribution in [0.4, 0.5) is 0 Å². The number of carbonyl (C=O) groups excluding carboxylic acids is 1. The number of rotatable bonds is 14. The topological polar surface area (TPSA) is 153 Å². The fourth-order valence-corrected chi connectivity index (χ4v) is 3.38. The van der Waals surface area contributed by atoms with Gasteiger partial charge >= 0.3 is 11.9 Å². The zero-order chi connectivity index (χ0) is 28.2. The molecule has 0 radical (unpaired) electrons. The molecule has 4 N–H and O–H groups in total. The second-order valence-corrected chi connectivity index (χ2v) is 7.97. The number of hydrogen-bond acceptors (Lipinski definition) is 8. The monoisotopic (exact) mass is 534 g/mol. The summed E-state index contributed by atoms with van der Waals surface area (Å²) in [6, 6.07) is 17.6. The molecule has 0 saturated heterocycles. The van der Waals surface area contributed by atoms with Crippen molar-refractivity contribution in [2.45, 2.75) is 19.7 Å². The number of terminal acetylenes is 1. The summed E-state index contributed by atoms with van der Waals surface area (Å²) in [4.78, 5) is 41.3. The lowest BCUT2D eigenvalue weighted by Gasteiger charge is -2.17. The number of hydroxylamine groups is 1. The van der Waals surface area contributed by atoms with E-state index in [-0.39, 0.29) is 42.3 Å². The van der Waals surface area contributed by atoms with Crippen LogP contribution in [-0.4, -0.2) is 47.4 Å². The molecule has 0 aliphatic heterocycles. The molecule has 1 atom stereocenters. The maximum Gasteiger partial charge on any atom is 0.336 e. The summed E-state index contributed by atoms with van der Waals surface area (Å²) in [5, 5.41) is 21.6. The third-order valence-electron chi connectivity index (χ3n) is 5.15. The predicted molar refractivity (Wildman–Crippen MR) is 139 cm³/mol. The third kappa shape index (κ3) is 8.50. The SMILES string of the molecule is C#COc1ccc(C(=O)NC(C)NOCc2ccc(OCCOc3ccccc3)cc2C(=O)O)c(C(=O)O)c1. The number of nitrogens with one attached hydrogen (secondary N) is 2. The van der Waals surface area contributed by atoms with Gasteiger partial charge in [0.05, 0.1) is 29.5 Å². The molecule has 3 aromatic carbocycles. The van der Waals surface area contributed by atoms with E-state index in [1.165, 1.54) is 18.2 Å². The van der Waals surface area contributed by atoms with Gasteiger partial charge in [0, 0.05) is 0 Å². The molecule has 0 heterocycles. The van der Waals surface area contributed by atoms with Gasteiger partial charge in [0.2, 0.25) is 0 Å². The first kappa shape index (κ1) is 28.5. The summed E-state index contributed by atoms with van der Waals surface area (Å²) in [6.07, 6.45) is 6.22. The van der Waals surface area contributed by atoms with E-state index in [1.807, 2.05) is 36.4 Å². The fourth-order valence-electron chi connectivity index (χ4n) is 3.38. The Morgan fingerprint density at radius 3 is 2.15 bits per heavy atom. The minimum absolute atomic E-state index is 0.0182. The molecule has 0 aromatic heterocycles. The number of carboxylic acids is 2. The molecule has 0 spiro atoms. The first-order valence-corrected chi connectivity index (χ1v) is 11.6. The third-order valence-corrected chi connectivity index (χ3v) is 5.15. The van der Waals surface area contributed by atoms with E-state index in [0.29, 0.717) is 17.1 Å². The van der Waals surface area contributed by atoms with Crippen molar-refractivity contribution in [3.8, 4) is 29.8 Å². The van der Waals surface area contributed by atoms with Crippen LogP contribution in [0.15, 0.2) is 66.7 Å². The standard InChI is InChI=1S/C28H26N2O9/c1-3-36-21-11-12-23(25(16-21)28(34)35)26(31)29-18(2)30-39-17-19-9-10-22(15-24(19)27(32)33)38-14-13-37-20-7-5-4-6-8-20/h1,4-12,15-16,18,30H,13-14,17H2,2H3,(H,29,31)(H,32,33)(H,34,35). The van der Waals surface area contributed by atoms with Crippen LogP contribution in [0.5, 0.6) is 17.2 Å². The summed E-state index contributed by atoms with van der Waals surface area (Å²) < 4.78 is 16.0. The summed E-state index contributed by atoms with van der Waals surface area (Å²) in [6.45, 7) is 1.91. The van der Waals surface area contributed by atoms with Crippen molar-refractivity contribution in [2.24, 2.45) is 0 Å². The van der Waals surface area contributed by atoms with E-state index in [9.17, 15) is 24.6 Å². The van der Waals surface area contributed by atoms with Gasteiger partial charge in [0.15, 0.2) is 0 Å². The van der Waals surface area contributed by atoms with Gasteiger partial charge < -0.3 is 29.7 Å². The van der Waals surface area contributed by atoms with Crippen LogP contribution >= 0.6 is 0 Å². The Morgan fingerprint density at radius 1 is 0.846 bits per heavy atom. The maximum absolute atomic E-state index is 12.6. The van der Waals surface area contributed by atoms with Crippen LogP contribution < -0.4 is 25.0 Å². The quantitative estimate of drug-likeness (QED) is 0.105. The number of amides is 1. The molecular weight excluding hydrogens is 508 g/mol. The highest BCUT2D eigenvalue weighted by Crippen LogP contribution is 2.20. The van der Waals surface area contributed by atoms with Crippen molar-refractivity contribution < 1.29 is 43.6 Å². The number of aromatic carboxylic acids is 2. The van der Waals surface area contributed by atoms with Crippen LogP contribution in [0.2, 0.25) is 0 Å². The summed E-state index contributed by atoms with van der Waals surface area (Å²) in [7, 11) is 0. The summed E-state index contributed by atoms with van der Waals surface area (Å²) in [5.41, 5.74) is 2.51. The highest BCUT2D eigenvalue weighted by molar-refractivity contribution is 6.05. The van der Waals surface area contributed by atoms with Crippen LogP contribution in [0.25, 0.3) is 0 Å². The Balaban J connectivity index is 1.52. The number of benzene rings is 3.